The Bertz CT molecular complexity index is 129. The number of rotatable bonds is 5. The van der Waals surface area contributed by atoms with Gasteiger partial charge in [0, 0.05) is 30.4 Å². The van der Waals surface area contributed by atoms with Crippen LogP contribution in [0.5, 0.6) is 0 Å². The third-order valence-electron chi connectivity index (χ3n) is 1.51. The largest absolute Gasteiger partial charge is 0.260 e. The van der Waals surface area contributed by atoms with Crippen molar-refractivity contribution in [2.24, 2.45) is 0 Å². The van der Waals surface area contributed by atoms with Crippen molar-refractivity contribution in [3.8, 4) is 0 Å². The standard InChI is InChI=1S/C8H20OSSi/c1-5-6-10(9)7-8-11(2,3)4/h5-8H2,1-4H3/t10-/m1/s1. The molecule has 0 spiro atoms. The van der Waals surface area contributed by atoms with E-state index in [2.05, 4.69) is 26.6 Å². The van der Waals surface area contributed by atoms with Crippen LogP contribution >= 0.6 is 0 Å². The second kappa shape index (κ2) is 5.09. The Hall–Kier alpha value is 0.367. The molecule has 0 aliphatic carbocycles. The zero-order valence-corrected chi connectivity index (χ0v) is 9.96. The van der Waals surface area contributed by atoms with Crippen molar-refractivity contribution in [1.82, 2.24) is 0 Å². The maximum Gasteiger partial charge on any atom is 0.0451 e. The van der Waals surface area contributed by atoms with E-state index in [0.717, 1.165) is 17.9 Å². The summed E-state index contributed by atoms with van der Waals surface area (Å²) in [5.74, 6) is 1.83. The highest BCUT2D eigenvalue weighted by Crippen LogP contribution is 2.08. The van der Waals surface area contributed by atoms with Crippen LogP contribution in [-0.2, 0) is 10.8 Å². The third-order valence-corrected chi connectivity index (χ3v) is 5.15. The fraction of sp³-hybridized carbons (Fsp3) is 1.00. The third kappa shape index (κ3) is 8.27. The summed E-state index contributed by atoms with van der Waals surface area (Å²) in [6, 6.07) is 1.21. The molecule has 0 aromatic rings. The Morgan fingerprint density at radius 2 is 1.73 bits per heavy atom. The molecule has 0 saturated heterocycles. The van der Waals surface area contributed by atoms with Gasteiger partial charge in [0.25, 0.3) is 0 Å². The summed E-state index contributed by atoms with van der Waals surface area (Å²) in [5, 5.41) is 0. The summed E-state index contributed by atoms with van der Waals surface area (Å²) in [6.45, 7) is 9.08. The minimum Gasteiger partial charge on any atom is -0.260 e. The smallest absolute Gasteiger partial charge is 0.0451 e. The first kappa shape index (κ1) is 11.4. The first-order chi connectivity index (χ1) is 4.95. The van der Waals surface area contributed by atoms with Crippen molar-refractivity contribution in [3.05, 3.63) is 0 Å². The van der Waals surface area contributed by atoms with E-state index in [0.29, 0.717) is 0 Å². The van der Waals surface area contributed by atoms with E-state index in [1.165, 1.54) is 6.04 Å². The number of hydrogen-bond acceptors (Lipinski definition) is 1. The fourth-order valence-corrected chi connectivity index (χ4v) is 4.77. The van der Waals surface area contributed by atoms with Crippen molar-refractivity contribution in [2.75, 3.05) is 11.5 Å². The lowest BCUT2D eigenvalue weighted by Gasteiger charge is -2.14. The van der Waals surface area contributed by atoms with Gasteiger partial charge in [-0.05, 0) is 12.5 Å². The minimum atomic E-state index is -0.942. The van der Waals surface area contributed by atoms with Gasteiger partial charge in [-0.25, -0.2) is 0 Å². The van der Waals surface area contributed by atoms with Crippen LogP contribution in [0.2, 0.25) is 25.7 Å². The van der Waals surface area contributed by atoms with Crippen molar-refractivity contribution in [3.63, 3.8) is 0 Å². The molecule has 0 N–H and O–H groups in total. The molecular formula is C8H20OSSi. The first-order valence-electron chi connectivity index (χ1n) is 4.30. The molecule has 0 heterocycles. The molecule has 0 amide bonds. The van der Waals surface area contributed by atoms with Gasteiger partial charge in [-0.3, -0.25) is 4.21 Å². The lowest BCUT2D eigenvalue weighted by atomic mass is 10.6. The lowest BCUT2D eigenvalue weighted by Crippen LogP contribution is -2.22. The molecule has 1 nitrogen and oxygen atoms in total. The van der Waals surface area contributed by atoms with Crippen LogP contribution in [0.4, 0.5) is 0 Å². The van der Waals surface area contributed by atoms with Gasteiger partial charge in [-0.15, -0.1) is 0 Å². The molecule has 0 aromatic heterocycles. The second-order valence-electron chi connectivity index (χ2n) is 4.16. The lowest BCUT2D eigenvalue weighted by molar-refractivity contribution is 0.682. The zero-order chi connectivity index (χ0) is 8.91. The van der Waals surface area contributed by atoms with E-state index >= 15 is 0 Å². The summed E-state index contributed by atoms with van der Waals surface area (Å²) in [6.07, 6.45) is 1.05. The van der Waals surface area contributed by atoms with Gasteiger partial charge in [0.1, 0.15) is 0 Å². The van der Waals surface area contributed by atoms with E-state index in [-0.39, 0.29) is 0 Å². The van der Waals surface area contributed by atoms with Crippen LogP contribution in [0, 0.1) is 0 Å². The predicted molar refractivity (Wildman–Crippen MR) is 56.3 cm³/mol. The highest BCUT2D eigenvalue weighted by atomic mass is 32.2. The molecule has 0 saturated carbocycles. The molecule has 0 bridgehead atoms. The van der Waals surface area contributed by atoms with Gasteiger partial charge in [-0.2, -0.15) is 0 Å². The van der Waals surface area contributed by atoms with E-state index in [1.807, 2.05) is 0 Å². The highest BCUT2D eigenvalue weighted by Gasteiger charge is 2.13. The van der Waals surface area contributed by atoms with Crippen LogP contribution in [0.25, 0.3) is 0 Å². The zero-order valence-electron chi connectivity index (χ0n) is 8.14. The highest BCUT2D eigenvalue weighted by molar-refractivity contribution is 7.85. The Labute approximate surface area is 74.0 Å². The molecule has 68 valence electrons. The van der Waals surface area contributed by atoms with Crippen LogP contribution in [-0.4, -0.2) is 23.8 Å². The van der Waals surface area contributed by atoms with Crippen LogP contribution in [0.15, 0.2) is 0 Å². The van der Waals surface area contributed by atoms with Crippen LogP contribution in [0.3, 0.4) is 0 Å². The van der Waals surface area contributed by atoms with Crippen LogP contribution in [0.1, 0.15) is 13.3 Å². The van der Waals surface area contributed by atoms with Crippen molar-refractivity contribution in [1.29, 1.82) is 0 Å². The molecule has 0 aromatic carbocycles. The molecule has 11 heavy (non-hydrogen) atoms. The molecule has 0 aliphatic heterocycles. The number of hydrogen-bond donors (Lipinski definition) is 0. The van der Waals surface area contributed by atoms with Gasteiger partial charge in [-0.1, -0.05) is 26.6 Å². The molecule has 0 radical (unpaired) electrons. The van der Waals surface area contributed by atoms with Crippen molar-refractivity contribution >= 4 is 18.9 Å². The molecular weight excluding hydrogens is 172 g/mol. The molecule has 0 unspecified atom stereocenters. The Morgan fingerprint density at radius 3 is 2.09 bits per heavy atom. The summed E-state index contributed by atoms with van der Waals surface area (Å²) in [7, 11) is -1.47. The Kier molecular flexibility index (Phi) is 5.26. The predicted octanol–water partition coefficient (Wildman–Crippen LogP) is 2.48. The summed E-state index contributed by atoms with van der Waals surface area (Å²) >= 11 is 0. The summed E-state index contributed by atoms with van der Waals surface area (Å²) in [5.41, 5.74) is 0. The average molecular weight is 192 g/mol. The van der Waals surface area contributed by atoms with E-state index in [1.54, 1.807) is 0 Å². The molecule has 0 rings (SSSR count). The molecule has 3 heteroatoms. The van der Waals surface area contributed by atoms with Gasteiger partial charge in [0.05, 0.1) is 0 Å². The molecule has 0 aliphatic rings. The summed E-state index contributed by atoms with van der Waals surface area (Å²) in [4.78, 5) is 0. The molecule has 1 atom stereocenters. The van der Waals surface area contributed by atoms with Crippen LogP contribution < -0.4 is 0 Å². The van der Waals surface area contributed by atoms with Gasteiger partial charge >= 0.3 is 0 Å². The quantitative estimate of drug-likeness (QED) is 0.612. The minimum absolute atomic E-state index is 0.532. The van der Waals surface area contributed by atoms with E-state index < -0.39 is 18.9 Å². The van der Waals surface area contributed by atoms with E-state index in [4.69, 9.17) is 0 Å². The topological polar surface area (TPSA) is 17.1 Å². The second-order valence-corrected chi connectivity index (χ2v) is 11.5. The SMILES string of the molecule is CCC[S@@](=O)CC[Si](C)(C)C. The average Bonchev–Trinajstić information content (AvgIpc) is 1.83. The van der Waals surface area contributed by atoms with Gasteiger partial charge in [0.2, 0.25) is 0 Å². The maximum absolute atomic E-state index is 11.2. The van der Waals surface area contributed by atoms with Gasteiger partial charge < -0.3 is 0 Å². The Balaban J connectivity index is 3.46. The summed E-state index contributed by atoms with van der Waals surface area (Å²) < 4.78 is 11.2. The van der Waals surface area contributed by atoms with Crippen molar-refractivity contribution in [2.45, 2.75) is 39.0 Å². The van der Waals surface area contributed by atoms with Crippen molar-refractivity contribution < 1.29 is 4.21 Å². The Morgan fingerprint density at radius 1 is 1.18 bits per heavy atom. The monoisotopic (exact) mass is 192 g/mol. The molecule has 0 fully saturated rings. The normalized spacial score (nSPS) is 14.9. The van der Waals surface area contributed by atoms with E-state index in [9.17, 15) is 4.21 Å². The fourth-order valence-electron chi connectivity index (χ4n) is 0.750. The van der Waals surface area contributed by atoms with Gasteiger partial charge in [0.15, 0.2) is 0 Å². The first-order valence-corrected chi connectivity index (χ1v) is 9.50. The maximum atomic E-state index is 11.2.